The summed E-state index contributed by atoms with van der Waals surface area (Å²) in [4.78, 5) is 21.5. The number of carboxylic acids is 1. The molecule has 0 radical (unpaired) electrons. The van der Waals surface area contributed by atoms with E-state index in [9.17, 15) is 14.9 Å². The van der Waals surface area contributed by atoms with Crippen molar-refractivity contribution in [1.82, 2.24) is 0 Å². The van der Waals surface area contributed by atoms with Crippen molar-refractivity contribution >= 4 is 11.7 Å². The Morgan fingerprint density at radius 2 is 1.88 bits per heavy atom. The number of benzene rings is 1. The van der Waals surface area contributed by atoms with Gasteiger partial charge in [0.2, 0.25) is 0 Å². The SMILES string of the molecule is Cc1c(C(=O)O)ccc(C(C)(C)C)c1[N+](=O)[O-]. The Balaban J connectivity index is 3.63. The highest BCUT2D eigenvalue weighted by Crippen LogP contribution is 2.35. The molecule has 0 aliphatic rings. The number of carbonyl (C=O) groups is 1. The molecule has 5 heteroatoms. The highest BCUT2D eigenvalue weighted by atomic mass is 16.6. The van der Waals surface area contributed by atoms with Crippen molar-refractivity contribution in [2.45, 2.75) is 33.1 Å². The van der Waals surface area contributed by atoms with Crippen LogP contribution in [0.15, 0.2) is 12.1 Å². The first-order chi connectivity index (χ1) is 7.66. The van der Waals surface area contributed by atoms with Crippen molar-refractivity contribution in [3.63, 3.8) is 0 Å². The van der Waals surface area contributed by atoms with E-state index in [0.717, 1.165) is 0 Å². The Morgan fingerprint density at radius 1 is 1.35 bits per heavy atom. The van der Waals surface area contributed by atoms with Crippen LogP contribution in [0.4, 0.5) is 5.69 Å². The van der Waals surface area contributed by atoms with E-state index >= 15 is 0 Å². The molecule has 5 nitrogen and oxygen atoms in total. The largest absolute Gasteiger partial charge is 0.478 e. The summed E-state index contributed by atoms with van der Waals surface area (Å²) >= 11 is 0. The Bertz CT molecular complexity index is 486. The molecule has 92 valence electrons. The molecule has 1 aromatic rings. The van der Waals surface area contributed by atoms with Crippen LogP contribution in [-0.2, 0) is 5.41 Å². The van der Waals surface area contributed by atoms with E-state index in [1.165, 1.54) is 19.1 Å². The van der Waals surface area contributed by atoms with Crippen LogP contribution in [0.25, 0.3) is 0 Å². The van der Waals surface area contributed by atoms with Gasteiger partial charge in [0.25, 0.3) is 5.69 Å². The second kappa shape index (κ2) is 4.16. The van der Waals surface area contributed by atoms with Crippen LogP contribution in [0.2, 0.25) is 0 Å². The minimum Gasteiger partial charge on any atom is -0.478 e. The zero-order valence-electron chi connectivity index (χ0n) is 10.3. The first-order valence-electron chi connectivity index (χ1n) is 5.18. The van der Waals surface area contributed by atoms with Gasteiger partial charge in [-0.3, -0.25) is 10.1 Å². The van der Waals surface area contributed by atoms with Crippen LogP contribution < -0.4 is 0 Å². The van der Waals surface area contributed by atoms with Gasteiger partial charge in [-0.15, -0.1) is 0 Å². The predicted octanol–water partition coefficient (Wildman–Crippen LogP) is 2.90. The number of aromatic carboxylic acids is 1. The number of hydrogen-bond donors (Lipinski definition) is 1. The van der Waals surface area contributed by atoms with E-state index in [1.807, 2.05) is 20.8 Å². The van der Waals surface area contributed by atoms with Gasteiger partial charge in [-0.2, -0.15) is 0 Å². The van der Waals surface area contributed by atoms with Gasteiger partial charge in [0.1, 0.15) is 0 Å². The molecular formula is C12H15NO4. The van der Waals surface area contributed by atoms with Gasteiger partial charge in [0.15, 0.2) is 0 Å². The number of rotatable bonds is 2. The molecule has 0 unspecified atom stereocenters. The Hall–Kier alpha value is -1.91. The third-order valence-corrected chi connectivity index (χ3v) is 2.65. The number of nitro benzene ring substituents is 1. The highest BCUT2D eigenvalue weighted by Gasteiger charge is 2.29. The van der Waals surface area contributed by atoms with Gasteiger partial charge in [-0.25, -0.2) is 4.79 Å². The fourth-order valence-corrected chi connectivity index (χ4v) is 1.77. The molecule has 0 amide bonds. The molecular weight excluding hydrogens is 222 g/mol. The summed E-state index contributed by atoms with van der Waals surface area (Å²) in [6.07, 6.45) is 0. The van der Waals surface area contributed by atoms with Crippen molar-refractivity contribution in [2.24, 2.45) is 0 Å². The minimum absolute atomic E-state index is 0.0234. The van der Waals surface area contributed by atoms with Crippen molar-refractivity contribution in [1.29, 1.82) is 0 Å². The maximum atomic E-state index is 11.1. The zero-order chi connectivity index (χ0) is 13.4. The van der Waals surface area contributed by atoms with Gasteiger partial charge in [0.05, 0.1) is 10.5 Å². The Kier molecular flexibility index (Phi) is 3.22. The molecule has 0 aliphatic heterocycles. The zero-order valence-corrected chi connectivity index (χ0v) is 10.3. The van der Waals surface area contributed by atoms with Crippen LogP contribution in [-0.4, -0.2) is 16.0 Å². The van der Waals surface area contributed by atoms with Crippen molar-refractivity contribution in [3.05, 3.63) is 38.9 Å². The number of hydrogen-bond acceptors (Lipinski definition) is 3. The normalized spacial score (nSPS) is 11.3. The molecule has 0 saturated carbocycles. The quantitative estimate of drug-likeness (QED) is 0.633. The monoisotopic (exact) mass is 237 g/mol. The van der Waals surface area contributed by atoms with Crippen LogP contribution >= 0.6 is 0 Å². The molecule has 1 N–H and O–H groups in total. The maximum Gasteiger partial charge on any atom is 0.336 e. The van der Waals surface area contributed by atoms with E-state index in [1.54, 1.807) is 0 Å². The van der Waals surface area contributed by atoms with E-state index in [2.05, 4.69) is 0 Å². The smallest absolute Gasteiger partial charge is 0.336 e. The van der Waals surface area contributed by atoms with Gasteiger partial charge >= 0.3 is 5.97 Å². The molecule has 0 bridgehead atoms. The summed E-state index contributed by atoms with van der Waals surface area (Å²) in [5, 5.41) is 20.0. The summed E-state index contributed by atoms with van der Waals surface area (Å²) in [6.45, 7) is 7.04. The molecule has 1 rings (SSSR count). The lowest BCUT2D eigenvalue weighted by Crippen LogP contribution is -2.16. The summed E-state index contributed by atoms with van der Waals surface area (Å²) < 4.78 is 0. The van der Waals surface area contributed by atoms with E-state index in [0.29, 0.717) is 5.56 Å². The van der Waals surface area contributed by atoms with E-state index in [-0.39, 0.29) is 16.8 Å². The van der Waals surface area contributed by atoms with Gasteiger partial charge in [-0.1, -0.05) is 26.8 Å². The third-order valence-electron chi connectivity index (χ3n) is 2.65. The summed E-state index contributed by atoms with van der Waals surface area (Å²) in [5.41, 5.74) is 0.228. The molecule has 0 saturated heterocycles. The van der Waals surface area contributed by atoms with E-state index in [4.69, 9.17) is 5.11 Å². The van der Waals surface area contributed by atoms with Crippen molar-refractivity contribution < 1.29 is 14.8 Å². The Morgan fingerprint density at radius 3 is 2.24 bits per heavy atom. The standard InChI is InChI=1S/C12H15NO4/c1-7-8(11(14)15)5-6-9(12(2,3)4)10(7)13(16)17/h5-6H,1-4H3,(H,14,15). The molecule has 0 atom stereocenters. The first-order valence-corrected chi connectivity index (χ1v) is 5.18. The second-order valence-corrected chi connectivity index (χ2v) is 4.95. The van der Waals surface area contributed by atoms with Crippen LogP contribution in [0.1, 0.15) is 42.3 Å². The average Bonchev–Trinajstić information content (AvgIpc) is 2.14. The number of nitro groups is 1. The summed E-state index contributed by atoms with van der Waals surface area (Å²) in [7, 11) is 0. The maximum absolute atomic E-state index is 11.1. The van der Waals surface area contributed by atoms with Crippen LogP contribution in [0.3, 0.4) is 0 Å². The summed E-state index contributed by atoms with van der Waals surface area (Å²) in [6, 6.07) is 2.94. The van der Waals surface area contributed by atoms with Crippen molar-refractivity contribution in [2.75, 3.05) is 0 Å². The lowest BCUT2D eigenvalue weighted by atomic mass is 9.83. The van der Waals surface area contributed by atoms with Gasteiger partial charge in [-0.05, 0) is 18.4 Å². The molecule has 0 aliphatic carbocycles. The third kappa shape index (κ3) is 2.43. The van der Waals surface area contributed by atoms with Crippen LogP contribution in [0, 0.1) is 17.0 Å². The second-order valence-electron chi connectivity index (χ2n) is 4.95. The highest BCUT2D eigenvalue weighted by molar-refractivity contribution is 5.91. The fraction of sp³-hybridized carbons (Fsp3) is 0.417. The topological polar surface area (TPSA) is 80.4 Å². The fourth-order valence-electron chi connectivity index (χ4n) is 1.77. The molecule has 17 heavy (non-hydrogen) atoms. The molecule has 0 fully saturated rings. The average molecular weight is 237 g/mol. The van der Waals surface area contributed by atoms with Crippen LogP contribution in [0.5, 0.6) is 0 Å². The molecule has 0 heterocycles. The Labute approximate surface area is 99.2 Å². The lowest BCUT2D eigenvalue weighted by molar-refractivity contribution is -0.386. The predicted molar refractivity (Wildman–Crippen MR) is 63.5 cm³/mol. The first kappa shape index (κ1) is 13.2. The minimum atomic E-state index is -1.15. The molecule has 0 spiro atoms. The molecule has 1 aromatic carbocycles. The molecule has 0 aromatic heterocycles. The van der Waals surface area contributed by atoms with Gasteiger partial charge in [0, 0.05) is 11.1 Å². The van der Waals surface area contributed by atoms with Gasteiger partial charge < -0.3 is 5.11 Å². The van der Waals surface area contributed by atoms with E-state index < -0.39 is 16.3 Å². The number of carboxylic acid groups (broad SMARTS) is 1. The lowest BCUT2D eigenvalue weighted by Gasteiger charge is -2.20. The van der Waals surface area contributed by atoms with Crippen molar-refractivity contribution in [3.8, 4) is 0 Å². The number of nitrogens with zero attached hydrogens (tertiary/aromatic N) is 1. The summed E-state index contributed by atoms with van der Waals surface area (Å²) in [5.74, 6) is -1.15.